The van der Waals surface area contributed by atoms with E-state index >= 15 is 0 Å². The Hall–Kier alpha value is -2.45. The van der Waals surface area contributed by atoms with Gasteiger partial charge < -0.3 is 15.0 Å². The molecule has 0 aliphatic carbocycles. The van der Waals surface area contributed by atoms with Crippen molar-refractivity contribution in [3.8, 4) is 0 Å². The Morgan fingerprint density at radius 1 is 1.61 bits per heavy atom. The number of aromatic nitrogens is 6. The van der Waals surface area contributed by atoms with Crippen LogP contribution in [0.3, 0.4) is 0 Å². The van der Waals surface area contributed by atoms with E-state index in [1.165, 1.54) is 6.20 Å². The molecule has 0 saturated carbocycles. The van der Waals surface area contributed by atoms with Crippen molar-refractivity contribution in [2.45, 2.75) is 18.9 Å². The van der Waals surface area contributed by atoms with Gasteiger partial charge >= 0.3 is 5.97 Å². The molecule has 18 heavy (non-hydrogen) atoms. The van der Waals surface area contributed by atoms with E-state index in [1.54, 1.807) is 0 Å². The van der Waals surface area contributed by atoms with Gasteiger partial charge in [0.15, 0.2) is 11.5 Å². The van der Waals surface area contributed by atoms with Crippen LogP contribution in [0.4, 0.5) is 5.95 Å². The zero-order valence-electron chi connectivity index (χ0n) is 9.37. The highest BCUT2D eigenvalue weighted by Crippen LogP contribution is 2.26. The number of nitrogens with zero attached hydrogens (tertiary/aromatic N) is 5. The van der Waals surface area contributed by atoms with Crippen LogP contribution >= 0.6 is 0 Å². The first-order valence-electron chi connectivity index (χ1n) is 5.52. The highest BCUT2D eigenvalue weighted by atomic mass is 16.4. The van der Waals surface area contributed by atoms with Gasteiger partial charge in [-0.1, -0.05) is 5.21 Å². The summed E-state index contributed by atoms with van der Waals surface area (Å²) in [6.45, 7) is 0.749. The number of aromatic carboxylic acids is 1. The SMILES string of the molecule is O=C(O)c1cn2c(n1)NCCC2Cc1nn[nH]n1. The minimum absolute atomic E-state index is 0.0394. The van der Waals surface area contributed by atoms with Crippen molar-refractivity contribution in [1.82, 2.24) is 30.2 Å². The van der Waals surface area contributed by atoms with Gasteiger partial charge in [-0.05, 0) is 6.42 Å². The lowest BCUT2D eigenvalue weighted by molar-refractivity contribution is 0.0691. The van der Waals surface area contributed by atoms with Crippen molar-refractivity contribution in [2.24, 2.45) is 0 Å². The van der Waals surface area contributed by atoms with E-state index in [9.17, 15) is 4.79 Å². The van der Waals surface area contributed by atoms with Crippen LogP contribution in [0.5, 0.6) is 0 Å². The molecule has 1 atom stereocenters. The Morgan fingerprint density at radius 3 is 3.22 bits per heavy atom. The summed E-state index contributed by atoms with van der Waals surface area (Å²) in [5.74, 6) is 0.155. The normalized spacial score (nSPS) is 18.1. The molecule has 9 heteroatoms. The van der Waals surface area contributed by atoms with Crippen molar-refractivity contribution in [3.63, 3.8) is 0 Å². The molecular formula is C9H11N7O2. The fourth-order valence-corrected chi connectivity index (χ4v) is 2.08. The predicted molar refractivity (Wildman–Crippen MR) is 59.2 cm³/mol. The number of H-pyrrole nitrogens is 1. The van der Waals surface area contributed by atoms with Gasteiger partial charge in [0.2, 0.25) is 5.95 Å². The average Bonchev–Trinajstić information content (AvgIpc) is 2.97. The van der Waals surface area contributed by atoms with Crippen LogP contribution in [0.25, 0.3) is 0 Å². The molecule has 0 saturated heterocycles. The second kappa shape index (κ2) is 4.09. The van der Waals surface area contributed by atoms with E-state index < -0.39 is 5.97 Å². The smallest absolute Gasteiger partial charge is 0.356 e. The summed E-state index contributed by atoms with van der Waals surface area (Å²) < 4.78 is 1.82. The lowest BCUT2D eigenvalue weighted by atomic mass is 10.1. The van der Waals surface area contributed by atoms with E-state index in [0.29, 0.717) is 18.2 Å². The van der Waals surface area contributed by atoms with E-state index in [4.69, 9.17) is 5.11 Å². The van der Waals surface area contributed by atoms with E-state index in [2.05, 4.69) is 30.9 Å². The van der Waals surface area contributed by atoms with Gasteiger partial charge in [0, 0.05) is 25.2 Å². The average molecular weight is 249 g/mol. The number of carbonyl (C=O) groups is 1. The second-order valence-electron chi connectivity index (χ2n) is 4.06. The number of carboxylic acid groups (broad SMARTS) is 1. The Kier molecular flexibility index (Phi) is 2.43. The molecule has 1 aliphatic heterocycles. The zero-order chi connectivity index (χ0) is 12.5. The molecule has 0 fully saturated rings. The van der Waals surface area contributed by atoms with Crippen molar-refractivity contribution in [1.29, 1.82) is 0 Å². The third-order valence-corrected chi connectivity index (χ3v) is 2.91. The minimum Gasteiger partial charge on any atom is -0.476 e. The first-order chi connectivity index (χ1) is 8.74. The molecule has 3 N–H and O–H groups in total. The summed E-state index contributed by atoms with van der Waals surface area (Å²) in [5, 5.41) is 25.7. The van der Waals surface area contributed by atoms with Gasteiger partial charge in [0.25, 0.3) is 0 Å². The molecule has 1 aliphatic rings. The topological polar surface area (TPSA) is 122 Å². The lowest BCUT2D eigenvalue weighted by Crippen LogP contribution is -2.24. The molecule has 2 aromatic rings. The Morgan fingerprint density at radius 2 is 2.50 bits per heavy atom. The zero-order valence-corrected chi connectivity index (χ0v) is 9.37. The maximum Gasteiger partial charge on any atom is 0.356 e. The van der Waals surface area contributed by atoms with Crippen LogP contribution in [0, 0.1) is 0 Å². The van der Waals surface area contributed by atoms with Crippen LogP contribution in [0.15, 0.2) is 6.20 Å². The third-order valence-electron chi connectivity index (χ3n) is 2.91. The number of fused-ring (bicyclic) bond motifs is 1. The summed E-state index contributed by atoms with van der Waals surface area (Å²) >= 11 is 0. The number of imidazole rings is 1. The van der Waals surface area contributed by atoms with Crippen LogP contribution in [-0.4, -0.2) is 47.8 Å². The van der Waals surface area contributed by atoms with Crippen LogP contribution in [-0.2, 0) is 6.42 Å². The summed E-state index contributed by atoms with van der Waals surface area (Å²) in [7, 11) is 0. The first-order valence-corrected chi connectivity index (χ1v) is 5.52. The minimum atomic E-state index is -1.03. The van der Waals surface area contributed by atoms with Gasteiger partial charge in [-0.15, -0.1) is 10.2 Å². The molecule has 3 rings (SSSR count). The van der Waals surface area contributed by atoms with Crippen LogP contribution in [0.1, 0.15) is 28.8 Å². The molecule has 94 valence electrons. The maximum atomic E-state index is 10.9. The molecule has 0 spiro atoms. The number of carboxylic acids is 1. The standard InChI is InChI=1S/C9H11N7O2/c17-8(18)6-4-16-5(1-2-10-9(16)11-6)3-7-12-14-15-13-7/h4-5H,1-3H2,(H,10,11)(H,17,18)(H,12,13,14,15). The second-order valence-corrected chi connectivity index (χ2v) is 4.06. The van der Waals surface area contributed by atoms with Crippen molar-refractivity contribution in [3.05, 3.63) is 17.7 Å². The maximum absolute atomic E-state index is 10.9. The van der Waals surface area contributed by atoms with Gasteiger partial charge in [0.05, 0.1) is 0 Å². The number of hydrogen-bond acceptors (Lipinski definition) is 6. The monoisotopic (exact) mass is 249 g/mol. The summed E-state index contributed by atoms with van der Waals surface area (Å²) in [5.41, 5.74) is 0.0394. The van der Waals surface area contributed by atoms with Crippen molar-refractivity contribution in [2.75, 3.05) is 11.9 Å². The molecule has 0 amide bonds. The highest BCUT2D eigenvalue weighted by molar-refractivity contribution is 5.85. The van der Waals surface area contributed by atoms with Gasteiger partial charge in [0.1, 0.15) is 0 Å². The van der Waals surface area contributed by atoms with Gasteiger partial charge in [-0.2, -0.15) is 5.21 Å². The highest BCUT2D eigenvalue weighted by Gasteiger charge is 2.24. The number of rotatable bonds is 3. The van der Waals surface area contributed by atoms with Crippen molar-refractivity contribution < 1.29 is 9.90 Å². The fourth-order valence-electron chi connectivity index (χ4n) is 2.08. The largest absolute Gasteiger partial charge is 0.476 e. The molecule has 3 heterocycles. The molecule has 0 aromatic carbocycles. The predicted octanol–water partition coefficient (Wildman–Crippen LogP) is -0.306. The molecule has 0 bridgehead atoms. The summed E-state index contributed by atoms with van der Waals surface area (Å²) in [6, 6.07) is 0.0967. The third kappa shape index (κ3) is 1.79. The number of nitrogens with one attached hydrogen (secondary N) is 2. The number of hydrogen-bond donors (Lipinski definition) is 3. The van der Waals surface area contributed by atoms with E-state index in [0.717, 1.165) is 13.0 Å². The summed E-state index contributed by atoms with van der Waals surface area (Å²) in [4.78, 5) is 14.9. The van der Waals surface area contributed by atoms with Crippen LogP contribution < -0.4 is 5.32 Å². The lowest BCUT2D eigenvalue weighted by Gasteiger charge is -2.24. The Bertz CT molecular complexity index is 561. The van der Waals surface area contributed by atoms with Gasteiger partial charge in [-0.3, -0.25) is 0 Å². The molecule has 0 radical (unpaired) electrons. The van der Waals surface area contributed by atoms with E-state index in [-0.39, 0.29) is 11.7 Å². The number of tetrazole rings is 1. The van der Waals surface area contributed by atoms with E-state index in [1.807, 2.05) is 4.57 Å². The first kappa shape index (κ1) is 10.7. The Balaban J connectivity index is 1.89. The molecular weight excluding hydrogens is 238 g/mol. The fraction of sp³-hybridized carbons (Fsp3) is 0.444. The quantitative estimate of drug-likeness (QED) is 0.682. The molecule has 2 aromatic heterocycles. The molecule has 9 nitrogen and oxygen atoms in total. The van der Waals surface area contributed by atoms with Crippen LogP contribution in [0.2, 0.25) is 0 Å². The van der Waals surface area contributed by atoms with Gasteiger partial charge in [-0.25, -0.2) is 9.78 Å². The molecule has 1 unspecified atom stereocenters. The summed E-state index contributed by atoms with van der Waals surface area (Å²) in [6.07, 6.45) is 2.99. The Labute approximate surface area is 101 Å². The van der Waals surface area contributed by atoms with Crippen molar-refractivity contribution >= 4 is 11.9 Å². The number of anilines is 1. The number of aromatic amines is 1.